The number of nitrogens with zero attached hydrogens (tertiary/aromatic N) is 5. The predicted molar refractivity (Wildman–Crippen MR) is 105 cm³/mol. The molecule has 0 aliphatic rings. The molecule has 0 saturated heterocycles. The Morgan fingerprint density at radius 2 is 1.97 bits per heavy atom. The van der Waals surface area contributed by atoms with Crippen molar-refractivity contribution in [2.75, 3.05) is 5.32 Å². The lowest BCUT2D eigenvalue weighted by Gasteiger charge is -2.11. The molecule has 0 atom stereocenters. The third kappa shape index (κ3) is 4.02. The number of aromatic carboxylic acids is 1. The van der Waals surface area contributed by atoms with Gasteiger partial charge < -0.3 is 10.4 Å². The number of benzene rings is 1. The zero-order chi connectivity index (χ0) is 22.2. The molecular weight excluding hydrogens is 413 g/mol. The zero-order valence-electron chi connectivity index (χ0n) is 16.1. The summed E-state index contributed by atoms with van der Waals surface area (Å²) in [4.78, 5) is 27.0. The van der Waals surface area contributed by atoms with Gasteiger partial charge >= 0.3 is 12.1 Å². The van der Waals surface area contributed by atoms with Gasteiger partial charge in [-0.2, -0.15) is 13.2 Å². The van der Waals surface area contributed by atoms with Crippen LogP contribution in [0.4, 0.5) is 19.0 Å². The number of carboxylic acids is 1. The highest BCUT2D eigenvalue weighted by Gasteiger charge is 2.38. The van der Waals surface area contributed by atoms with Crippen LogP contribution in [0.15, 0.2) is 49.1 Å². The number of aromatic nitrogens is 5. The summed E-state index contributed by atoms with van der Waals surface area (Å²) in [7, 11) is 0. The van der Waals surface area contributed by atoms with Crippen molar-refractivity contribution in [1.82, 2.24) is 24.5 Å². The molecule has 0 saturated carbocycles. The van der Waals surface area contributed by atoms with Crippen LogP contribution in [0.5, 0.6) is 0 Å². The average Bonchev–Trinajstić information content (AvgIpc) is 3.13. The van der Waals surface area contributed by atoms with E-state index in [0.29, 0.717) is 12.4 Å². The molecule has 11 heteroatoms. The number of imidazole rings is 1. The zero-order valence-corrected chi connectivity index (χ0v) is 16.1. The van der Waals surface area contributed by atoms with Crippen molar-refractivity contribution in [1.29, 1.82) is 0 Å². The van der Waals surface area contributed by atoms with Gasteiger partial charge in [-0.25, -0.2) is 19.7 Å². The number of carbonyl (C=O) groups is 1. The van der Waals surface area contributed by atoms with Gasteiger partial charge in [0.2, 0.25) is 5.82 Å². The average molecular weight is 428 g/mol. The fourth-order valence-corrected chi connectivity index (χ4v) is 3.05. The number of hydrogen-bond acceptors (Lipinski definition) is 6. The van der Waals surface area contributed by atoms with Crippen molar-refractivity contribution < 1.29 is 23.1 Å². The number of halogens is 3. The Bertz CT molecular complexity index is 1270. The van der Waals surface area contributed by atoms with Gasteiger partial charge in [-0.15, -0.1) is 0 Å². The summed E-state index contributed by atoms with van der Waals surface area (Å²) in [5, 5.41) is 12.2. The van der Waals surface area contributed by atoms with Crippen LogP contribution in [-0.4, -0.2) is 35.6 Å². The molecule has 0 spiro atoms. The minimum Gasteiger partial charge on any atom is -0.478 e. The summed E-state index contributed by atoms with van der Waals surface area (Å²) < 4.78 is 41.6. The van der Waals surface area contributed by atoms with Crippen LogP contribution in [0.25, 0.3) is 16.9 Å². The molecule has 8 nitrogen and oxygen atoms in total. The second-order valence-electron chi connectivity index (χ2n) is 6.69. The number of carboxylic acid groups (broad SMARTS) is 1. The molecule has 0 aliphatic heterocycles. The normalized spacial score (nSPS) is 11.6. The lowest BCUT2D eigenvalue weighted by atomic mass is 10.1. The van der Waals surface area contributed by atoms with Crippen LogP contribution in [0.1, 0.15) is 27.3 Å². The first kappa shape index (κ1) is 20.3. The van der Waals surface area contributed by atoms with E-state index in [1.54, 1.807) is 12.4 Å². The summed E-state index contributed by atoms with van der Waals surface area (Å²) in [5.74, 6) is -2.19. The van der Waals surface area contributed by atoms with E-state index >= 15 is 0 Å². The van der Waals surface area contributed by atoms with E-state index in [1.165, 1.54) is 24.5 Å². The number of pyridine rings is 1. The summed E-state index contributed by atoms with van der Waals surface area (Å²) in [6.07, 6.45) is 1.13. The Labute approximate surface area is 173 Å². The number of alkyl halides is 3. The maximum Gasteiger partial charge on any atom is 0.450 e. The van der Waals surface area contributed by atoms with Crippen LogP contribution >= 0.6 is 0 Å². The molecule has 31 heavy (non-hydrogen) atoms. The van der Waals surface area contributed by atoms with Crippen molar-refractivity contribution in [3.63, 3.8) is 0 Å². The van der Waals surface area contributed by atoms with Crippen LogP contribution < -0.4 is 5.32 Å². The molecule has 0 bridgehead atoms. The van der Waals surface area contributed by atoms with Gasteiger partial charge in [0.15, 0.2) is 5.82 Å². The molecule has 0 radical (unpaired) electrons. The molecule has 4 rings (SSSR count). The molecule has 0 amide bonds. The Morgan fingerprint density at radius 1 is 1.16 bits per heavy atom. The Morgan fingerprint density at radius 3 is 2.61 bits per heavy atom. The first-order chi connectivity index (χ1) is 14.7. The van der Waals surface area contributed by atoms with E-state index in [9.17, 15) is 18.0 Å². The minimum absolute atomic E-state index is 0.0692. The van der Waals surface area contributed by atoms with Gasteiger partial charge in [-0.1, -0.05) is 0 Å². The highest BCUT2D eigenvalue weighted by atomic mass is 19.4. The first-order valence-corrected chi connectivity index (χ1v) is 9.03. The van der Waals surface area contributed by atoms with Crippen LogP contribution in [0.3, 0.4) is 0 Å². The van der Waals surface area contributed by atoms with Crippen LogP contribution in [-0.2, 0) is 12.7 Å². The summed E-state index contributed by atoms with van der Waals surface area (Å²) in [5.41, 5.74) is 1.78. The molecule has 2 N–H and O–H groups in total. The molecule has 0 unspecified atom stereocenters. The third-order valence-corrected chi connectivity index (χ3v) is 4.62. The van der Waals surface area contributed by atoms with Gasteiger partial charge in [-0.05, 0) is 42.3 Å². The van der Waals surface area contributed by atoms with Gasteiger partial charge in [0.25, 0.3) is 0 Å². The maximum atomic E-state index is 13.6. The standard InChI is InChI=1S/C20H15F3N6O2/c1-11-7-24-5-4-13(11)8-25-16-9-27-17(10-26-16)29-15-3-2-12(18(30)31)6-14(15)28-19(29)20(21,22)23/h2-7,9-10H,8H2,1H3,(H,25,26)(H,30,31). The van der Waals surface area contributed by atoms with E-state index in [-0.39, 0.29) is 22.4 Å². The van der Waals surface area contributed by atoms with Crippen molar-refractivity contribution >= 4 is 22.8 Å². The highest BCUT2D eigenvalue weighted by Crippen LogP contribution is 2.33. The first-order valence-electron chi connectivity index (χ1n) is 9.03. The number of anilines is 1. The van der Waals surface area contributed by atoms with Gasteiger partial charge in [0.05, 0.1) is 29.0 Å². The van der Waals surface area contributed by atoms with Crippen molar-refractivity contribution in [3.05, 3.63) is 71.6 Å². The molecule has 1 aromatic carbocycles. The lowest BCUT2D eigenvalue weighted by molar-refractivity contribution is -0.145. The molecule has 4 aromatic rings. The molecule has 0 fully saturated rings. The second kappa shape index (κ2) is 7.67. The number of rotatable bonds is 5. The summed E-state index contributed by atoms with van der Waals surface area (Å²) in [6, 6.07) is 5.41. The van der Waals surface area contributed by atoms with Crippen molar-refractivity contribution in [2.45, 2.75) is 19.6 Å². The largest absolute Gasteiger partial charge is 0.478 e. The monoisotopic (exact) mass is 428 g/mol. The van der Waals surface area contributed by atoms with E-state index in [0.717, 1.165) is 21.8 Å². The number of nitrogens with one attached hydrogen (secondary N) is 1. The quantitative estimate of drug-likeness (QED) is 0.497. The number of aryl methyl sites for hydroxylation is 1. The highest BCUT2D eigenvalue weighted by molar-refractivity contribution is 5.92. The minimum atomic E-state index is -4.78. The predicted octanol–water partition coefficient (Wildman–Crippen LogP) is 3.85. The topological polar surface area (TPSA) is 106 Å². The van der Waals surface area contributed by atoms with Gasteiger partial charge in [0.1, 0.15) is 5.82 Å². The van der Waals surface area contributed by atoms with Crippen molar-refractivity contribution in [2.24, 2.45) is 0 Å². The number of fused-ring (bicyclic) bond motifs is 1. The smallest absolute Gasteiger partial charge is 0.450 e. The third-order valence-electron chi connectivity index (χ3n) is 4.62. The van der Waals surface area contributed by atoms with E-state index in [4.69, 9.17) is 5.11 Å². The lowest BCUT2D eigenvalue weighted by Crippen LogP contribution is -2.15. The summed E-state index contributed by atoms with van der Waals surface area (Å²) in [6.45, 7) is 2.36. The molecule has 3 aromatic heterocycles. The van der Waals surface area contributed by atoms with E-state index in [2.05, 4.69) is 25.3 Å². The molecule has 0 aliphatic carbocycles. The molecule has 3 heterocycles. The Balaban J connectivity index is 1.69. The van der Waals surface area contributed by atoms with Gasteiger partial charge in [0, 0.05) is 18.9 Å². The molecule has 158 valence electrons. The van der Waals surface area contributed by atoms with E-state index in [1.807, 2.05) is 13.0 Å². The van der Waals surface area contributed by atoms with Crippen LogP contribution in [0.2, 0.25) is 0 Å². The summed E-state index contributed by atoms with van der Waals surface area (Å²) >= 11 is 0. The fraction of sp³-hybridized carbons (Fsp3) is 0.150. The molecular formula is C20H15F3N6O2. The van der Waals surface area contributed by atoms with Crippen molar-refractivity contribution in [3.8, 4) is 5.82 Å². The van der Waals surface area contributed by atoms with Crippen LogP contribution in [0, 0.1) is 6.92 Å². The van der Waals surface area contributed by atoms with Gasteiger partial charge in [-0.3, -0.25) is 9.55 Å². The fourth-order valence-electron chi connectivity index (χ4n) is 3.05. The maximum absolute atomic E-state index is 13.6. The Kier molecular flexibility index (Phi) is 5.01. The Hall–Kier alpha value is -4.02. The number of hydrogen-bond donors (Lipinski definition) is 2. The van der Waals surface area contributed by atoms with E-state index < -0.39 is 18.0 Å². The SMILES string of the molecule is Cc1cnccc1CNc1cnc(-n2c(C(F)(F)F)nc3cc(C(=O)O)ccc32)cn1. The second-order valence-corrected chi connectivity index (χ2v) is 6.69.